The van der Waals surface area contributed by atoms with Crippen LogP contribution in [0, 0.1) is 18.8 Å². The van der Waals surface area contributed by atoms with E-state index in [1.807, 2.05) is 40.5 Å². The molecule has 0 spiro atoms. The third-order valence-corrected chi connectivity index (χ3v) is 9.42. The van der Waals surface area contributed by atoms with E-state index >= 15 is 0 Å². The van der Waals surface area contributed by atoms with Crippen LogP contribution in [0.5, 0.6) is 0 Å². The summed E-state index contributed by atoms with van der Waals surface area (Å²) in [6, 6.07) is 8.53. The van der Waals surface area contributed by atoms with Crippen molar-refractivity contribution in [3.63, 3.8) is 0 Å². The zero-order valence-electron chi connectivity index (χ0n) is 23.7. The number of hydrogen-bond donors (Lipinski definition) is 3. The molecule has 6 rings (SSSR count). The summed E-state index contributed by atoms with van der Waals surface area (Å²) in [5.41, 5.74) is 6.79. The van der Waals surface area contributed by atoms with Crippen molar-refractivity contribution >= 4 is 11.6 Å². The molecular formula is C30H41ClN8O. The standard InChI is InChI=1S/C30H41ClN8O/c1-19-5-4-6-28(25-11-21(9-10-32-25)30-26(33-14-19)15-36-37(30)3)39-18-35-24(13-29(39)40)23-12-22(31)7-8-27(23)38-16-20(2)34-17-38/h7-8,12-13,16-19,21,25-26,28,30,32-33,36H,4-6,9-11,14-15H2,1-3H3/t19-,21?,25?,26?,28+,30?/m1/s1. The first kappa shape index (κ1) is 27.6. The molecule has 1 aromatic carbocycles. The molecule has 5 heterocycles. The van der Waals surface area contributed by atoms with Crippen molar-refractivity contribution in [2.45, 2.75) is 70.1 Å². The summed E-state index contributed by atoms with van der Waals surface area (Å²) >= 11 is 6.40. The number of fused-ring (bicyclic) bond motifs is 4. The quantitative estimate of drug-likeness (QED) is 0.448. The number of hydrogen-bond acceptors (Lipinski definition) is 7. The third kappa shape index (κ3) is 5.63. The van der Waals surface area contributed by atoms with Crippen LogP contribution in [-0.2, 0) is 0 Å². The van der Waals surface area contributed by atoms with E-state index in [1.54, 1.807) is 18.7 Å². The Bertz CT molecular complexity index is 1390. The fourth-order valence-electron chi connectivity index (χ4n) is 7.12. The maximum absolute atomic E-state index is 13.8. The SMILES string of the molecule is Cc1cn(-c2ccc(Cl)cc2-c2cc(=O)n([C@H]3CCC[C@@H](C)CNC4CNN(C)C4C4CCNC3C4)cn2)cn1. The number of halogens is 1. The average molecular weight is 565 g/mol. The van der Waals surface area contributed by atoms with E-state index in [0.29, 0.717) is 34.6 Å². The lowest BCUT2D eigenvalue weighted by Crippen LogP contribution is -2.54. The molecule has 3 aromatic rings. The summed E-state index contributed by atoms with van der Waals surface area (Å²) in [6.45, 7) is 7.26. The smallest absolute Gasteiger partial charge is 0.254 e. The highest BCUT2D eigenvalue weighted by molar-refractivity contribution is 6.31. The summed E-state index contributed by atoms with van der Waals surface area (Å²) in [5.74, 6) is 1.14. The second-order valence-electron chi connectivity index (χ2n) is 12.0. The Kier molecular flexibility index (Phi) is 8.10. The highest BCUT2D eigenvalue weighted by atomic mass is 35.5. The van der Waals surface area contributed by atoms with Gasteiger partial charge in [0.1, 0.15) is 0 Å². The first-order valence-electron chi connectivity index (χ1n) is 14.7. The van der Waals surface area contributed by atoms with Crippen molar-refractivity contribution in [2.75, 3.05) is 26.7 Å². The van der Waals surface area contributed by atoms with Gasteiger partial charge in [-0.3, -0.25) is 14.8 Å². The number of imidazole rings is 1. The van der Waals surface area contributed by atoms with Crippen molar-refractivity contribution in [3.05, 3.63) is 64.2 Å². The Hall–Kier alpha value is -2.56. The Morgan fingerprint density at radius 1 is 1.02 bits per heavy atom. The number of aryl methyl sites for hydroxylation is 1. The molecule has 3 N–H and O–H groups in total. The Balaban J connectivity index is 1.33. The number of benzene rings is 1. The molecule has 3 aliphatic rings. The molecule has 4 unspecified atom stereocenters. The molecule has 214 valence electrons. The molecule has 9 nitrogen and oxygen atoms in total. The lowest BCUT2D eigenvalue weighted by Gasteiger charge is -2.42. The highest BCUT2D eigenvalue weighted by Gasteiger charge is 2.41. The van der Waals surface area contributed by atoms with Gasteiger partial charge in [0, 0.05) is 54.6 Å². The second kappa shape index (κ2) is 11.7. The monoisotopic (exact) mass is 564 g/mol. The number of nitrogens with zero attached hydrogens (tertiary/aromatic N) is 5. The van der Waals surface area contributed by atoms with Crippen molar-refractivity contribution in [3.8, 4) is 16.9 Å². The van der Waals surface area contributed by atoms with Gasteiger partial charge < -0.3 is 15.2 Å². The molecule has 3 aliphatic heterocycles. The molecule has 40 heavy (non-hydrogen) atoms. The molecule has 2 bridgehead atoms. The molecule has 0 saturated carbocycles. The molecule has 3 saturated heterocycles. The minimum absolute atomic E-state index is 0.0222. The van der Waals surface area contributed by atoms with E-state index in [9.17, 15) is 4.79 Å². The molecule has 0 aliphatic carbocycles. The van der Waals surface area contributed by atoms with E-state index < -0.39 is 0 Å². The van der Waals surface area contributed by atoms with E-state index in [-0.39, 0.29) is 17.6 Å². The van der Waals surface area contributed by atoms with Crippen molar-refractivity contribution in [2.24, 2.45) is 11.8 Å². The van der Waals surface area contributed by atoms with Gasteiger partial charge in [0.2, 0.25) is 0 Å². The Morgan fingerprint density at radius 3 is 2.70 bits per heavy atom. The predicted molar refractivity (Wildman–Crippen MR) is 159 cm³/mol. The number of piperidine rings is 1. The largest absolute Gasteiger partial charge is 0.312 e. The van der Waals surface area contributed by atoms with Crippen LogP contribution < -0.4 is 21.6 Å². The normalized spacial score (nSPS) is 29.9. The molecule has 2 aromatic heterocycles. The first-order valence-corrected chi connectivity index (χ1v) is 15.1. The van der Waals surface area contributed by atoms with E-state index in [1.165, 1.54) is 0 Å². The molecule has 3 fully saturated rings. The molecule has 6 atom stereocenters. The summed E-state index contributed by atoms with van der Waals surface area (Å²) in [6.07, 6.45) is 10.9. The Morgan fingerprint density at radius 2 is 1.90 bits per heavy atom. The van der Waals surface area contributed by atoms with Crippen LogP contribution in [0.4, 0.5) is 0 Å². The molecule has 0 radical (unpaired) electrons. The van der Waals surface area contributed by atoms with Crippen molar-refractivity contribution in [1.29, 1.82) is 0 Å². The molecular weight excluding hydrogens is 524 g/mol. The lowest BCUT2D eigenvalue weighted by molar-refractivity contribution is 0.108. The number of likely N-dealkylation sites (N-methyl/N-ethyl adjacent to an activating group) is 1. The van der Waals surface area contributed by atoms with Gasteiger partial charge in [-0.2, -0.15) is 0 Å². The zero-order chi connectivity index (χ0) is 27.8. The van der Waals surface area contributed by atoms with Gasteiger partial charge in [0.15, 0.2) is 0 Å². The van der Waals surface area contributed by atoms with Crippen molar-refractivity contribution in [1.82, 2.24) is 40.2 Å². The van der Waals surface area contributed by atoms with Crippen LogP contribution in [0.15, 0.2) is 47.9 Å². The topological polar surface area (TPSA) is 92.0 Å². The van der Waals surface area contributed by atoms with Gasteiger partial charge in [0.25, 0.3) is 5.56 Å². The summed E-state index contributed by atoms with van der Waals surface area (Å²) in [7, 11) is 2.18. The minimum atomic E-state index is -0.0222. The van der Waals surface area contributed by atoms with E-state index in [2.05, 4.69) is 40.0 Å². The third-order valence-electron chi connectivity index (χ3n) is 9.19. The van der Waals surface area contributed by atoms with Gasteiger partial charge in [-0.05, 0) is 75.7 Å². The lowest BCUT2D eigenvalue weighted by atomic mass is 9.80. The maximum atomic E-state index is 13.8. The molecule has 10 heteroatoms. The van der Waals surface area contributed by atoms with Gasteiger partial charge in [-0.1, -0.05) is 24.9 Å². The average Bonchev–Trinajstić information content (AvgIpc) is 3.54. The maximum Gasteiger partial charge on any atom is 0.254 e. The summed E-state index contributed by atoms with van der Waals surface area (Å²) in [4.78, 5) is 23.0. The van der Waals surface area contributed by atoms with E-state index in [0.717, 1.165) is 68.7 Å². The van der Waals surface area contributed by atoms with Gasteiger partial charge in [-0.25, -0.2) is 15.0 Å². The van der Waals surface area contributed by atoms with Crippen LogP contribution in [0.3, 0.4) is 0 Å². The van der Waals surface area contributed by atoms with Crippen LogP contribution >= 0.6 is 11.6 Å². The van der Waals surface area contributed by atoms with Crippen LogP contribution in [-0.4, -0.2) is 68.9 Å². The number of aromatic nitrogens is 4. The van der Waals surface area contributed by atoms with Gasteiger partial charge in [0.05, 0.1) is 35.8 Å². The fraction of sp³-hybridized carbons (Fsp3) is 0.567. The summed E-state index contributed by atoms with van der Waals surface area (Å²) in [5, 5.41) is 10.6. The second-order valence-corrected chi connectivity index (χ2v) is 12.5. The van der Waals surface area contributed by atoms with Gasteiger partial charge in [-0.15, -0.1) is 0 Å². The van der Waals surface area contributed by atoms with Crippen molar-refractivity contribution < 1.29 is 0 Å². The zero-order valence-corrected chi connectivity index (χ0v) is 24.4. The highest BCUT2D eigenvalue weighted by Crippen LogP contribution is 2.34. The predicted octanol–water partition coefficient (Wildman–Crippen LogP) is 3.56. The number of hydrazine groups is 1. The minimum Gasteiger partial charge on any atom is -0.312 e. The molecule has 0 amide bonds. The Labute approximate surface area is 241 Å². The van der Waals surface area contributed by atoms with E-state index in [4.69, 9.17) is 16.6 Å². The van der Waals surface area contributed by atoms with Crippen LogP contribution in [0.1, 0.15) is 50.8 Å². The summed E-state index contributed by atoms with van der Waals surface area (Å²) < 4.78 is 3.84. The fourth-order valence-corrected chi connectivity index (χ4v) is 7.30. The first-order chi connectivity index (χ1) is 19.4. The number of rotatable bonds is 3. The van der Waals surface area contributed by atoms with Crippen LogP contribution in [0.25, 0.3) is 16.9 Å². The number of nitrogens with one attached hydrogen (secondary N) is 3. The van der Waals surface area contributed by atoms with Gasteiger partial charge >= 0.3 is 0 Å². The van der Waals surface area contributed by atoms with Crippen LogP contribution in [0.2, 0.25) is 5.02 Å².